The number of hydrogen-bond donors (Lipinski definition) is 3. The summed E-state index contributed by atoms with van der Waals surface area (Å²) in [5, 5.41) is 8.81. The Morgan fingerprint density at radius 3 is 2.90 bits per heavy atom. The maximum absolute atomic E-state index is 12.3. The number of carbonyl (C=O) groups is 2. The van der Waals surface area contributed by atoms with E-state index < -0.39 is 0 Å². The van der Waals surface area contributed by atoms with Gasteiger partial charge in [0.15, 0.2) is 0 Å². The molecule has 1 aromatic rings. The molecular weight excluding hydrogens is 266 g/mol. The number of benzene rings is 1. The molecule has 3 N–H and O–H groups in total. The molecule has 0 saturated carbocycles. The molecule has 0 aliphatic carbocycles. The van der Waals surface area contributed by atoms with Crippen LogP contribution in [0.3, 0.4) is 0 Å². The van der Waals surface area contributed by atoms with Crippen molar-refractivity contribution in [3.05, 3.63) is 42.5 Å². The first kappa shape index (κ1) is 15.3. The highest BCUT2D eigenvalue weighted by molar-refractivity contribution is 6.04. The summed E-state index contributed by atoms with van der Waals surface area (Å²) in [5.74, 6) is -0.290. The quantitative estimate of drug-likeness (QED) is 0.719. The van der Waals surface area contributed by atoms with Crippen molar-refractivity contribution in [2.24, 2.45) is 5.92 Å². The lowest BCUT2D eigenvalue weighted by Crippen LogP contribution is -2.37. The molecule has 1 atom stereocenters. The van der Waals surface area contributed by atoms with E-state index in [1.807, 2.05) is 0 Å². The lowest BCUT2D eigenvalue weighted by molar-refractivity contribution is -0.120. The zero-order valence-electron chi connectivity index (χ0n) is 12.0. The maximum atomic E-state index is 12.3. The van der Waals surface area contributed by atoms with Gasteiger partial charge < -0.3 is 16.0 Å². The number of anilines is 1. The van der Waals surface area contributed by atoms with Crippen LogP contribution in [-0.2, 0) is 4.79 Å². The van der Waals surface area contributed by atoms with Crippen molar-refractivity contribution in [1.82, 2.24) is 10.6 Å². The van der Waals surface area contributed by atoms with Gasteiger partial charge in [-0.05, 0) is 31.5 Å². The minimum absolute atomic E-state index is 0.0360. The second-order valence-electron chi connectivity index (χ2n) is 5.08. The van der Waals surface area contributed by atoms with E-state index in [-0.39, 0.29) is 17.7 Å². The van der Waals surface area contributed by atoms with Crippen molar-refractivity contribution in [2.75, 3.05) is 25.0 Å². The minimum atomic E-state index is -0.215. The first-order valence-electron chi connectivity index (χ1n) is 7.22. The SMILES string of the molecule is C=CCNC(=O)c1ccccc1NC(=O)C1CCCNC1. The Kier molecular flexibility index (Phi) is 5.51. The third-order valence-corrected chi connectivity index (χ3v) is 3.50. The second kappa shape index (κ2) is 7.59. The van der Waals surface area contributed by atoms with Crippen LogP contribution in [0.15, 0.2) is 36.9 Å². The van der Waals surface area contributed by atoms with E-state index in [9.17, 15) is 9.59 Å². The number of piperidine rings is 1. The molecule has 0 bridgehead atoms. The van der Waals surface area contributed by atoms with Crippen LogP contribution < -0.4 is 16.0 Å². The fourth-order valence-corrected chi connectivity index (χ4v) is 2.36. The summed E-state index contributed by atoms with van der Waals surface area (Å²) in [6.07, 6.45) is 3.50. The number of hydrogen-bond acceptors (Lipinski definition) is 3. The molecule has 5 heteroatoms. The number of rotatable bonds is 5. The third-order valence-electron chi connectivity index (χ3n) is 3.50. The van der Waals surface area contributed by atoms with Gasteiger partial charge in [-0.15, -0.1) is 6.58 Å². The molecule has 1 aliphatic heterocycles. The van der Waals surface area contributed by atoms with E-state index in [1.165, 1.54) is 0 Å². The molecule has 1 fully saturated rings. The van der Waals surface area contributed by atoms with Crippen molar-refractivity contribution in [2.45, 2.75) is 12.8 Å². The first-order valence-corrected chi connectivity index (χ1v) is 7.22. The molecule has 0 spiro atoms. The second-order valence-corrected chi connectivity index (χ2v) is 5.08. The largest absolute Gasteiger partial charge is 0.349 e. The molecule has 0 radical (unpaired) electrons. The Bertz CT molecular complexity index is 522. The zero-order chi connectivity index (χ0) is 15.1. The van der Waals surface area contributed by atoms with Crippen molar-refractivity contribution >= 4 is 17.5 Å². The van der Waals surface area contributed by atoms with Crippen molar-refractivity contribution < 1.29 is 9.59 Å². The normalized spacial score (nSPS) is 17.8. The van der Waals surface area contributed by atoms with Crippen LogP contribution in [0.4, 0.5) is 5.69 Å². The number of amides is 2. The standard InChI is InChI=1S/C16H21N3O2/c1-2-9-18-16(21)13-7-3-4-8-14(13)19-15(20)12-6-5-10-17-11-12/h2-4,7-8,12,17H,1,5-6,9-11H2,(H,18,21)(H,19,20). The zero-order valence-corrected chi connectivity index (χ0v) is 12.0. The van der Waals surface area contributed by atoms with Gasteiger partial charge in [-0.1, -0.05) is 18.2 Å². The molecule has 1 unspecified atom stereocenters. The number of para-hydroxylation sites is 1. The molecule has 0 aromatic heterocycles. The summed E-state index contributed by atoms with van der Waals surface area (Å²) in [7, 11) is 0. The van der Waals surface area contributed by atoms with Crippen LogP contribution in [-0.4, -0.2) is 31.4 Å². The molecule has 2 rings (SSSR count). The van der Waals surface area contributed by atoms with Gasteiger partial charge in [0.2, 0.25) is 5.91 Å². The Balaban J connectivity index is 2.06. The highest BCUT2D eigenvalue weighted by atomic mass is 16.2. The fourth-order valence-electron chi connectivity index (χ4n) is 2.36. The van der Waals surface area contributed by atoms with Crippen LogP contribution in [0.2, 0.25) is 0 Å². The van der Waals surface area contributed by atoms with Crippen LogP contribution in [0.1, 0.15) is 23.2 Å². The maximum Gasteiger partial charge on any atom is 0.253 e. The predicted octanol–water partition coefficient (Wildman–Crippen LogP) is 1.54. The summed E-state index contributed by atoms with van der Waals surface area (Å²) in [4.78, 5) is 24.3. The average Bonchev–Trinajstić information content (AvgIpc) is 2.54. The van der Waals surface area contributed by atoms with Gasteiger partial charge in [0.05, 0.1) is 17.2 Å². The van der Waals surface area contributed by atoms with Gasteiger partial charge >= 0.3 is 0 Å². The van der Waals surface area contributed by atoms with Gasteiger partial charge in [0.25, 0.3) is 5.91 Å². The fraction of sp³-hybridized carbons (Fsp3) is 0.375. The van der Waals surface area contributed by atoms with Gasteiger partial charge in [0.1, 0.15) is 0 Å². The summed E-state index contributed by atoms with van der Waals surface area (Å²) >= 11 is 0. The van der Waals surface area contributed by atoms with Crippen LogP contribution in [0.5, 0.6) is 0 Å². The summed E-state index contributed by atoms with van der Waals surface area (Å²) in [5.41, 5.74) is 1.02. The van der Waals surface area contributed by atoms with E-state index >= 15 is 0 Å². The predicted molar refractivity (Wildman–Crippen MR) is 83.2 cm³/mol. The van der Waals surface area contributed by atoms with Gasteiger partial charge in [-0.3, -0.25) is 9.59 Å². The third kappa shape index (κ3) is 4.16. The van der Waals surface area contributed by atoms with Crippen molar-refractivity contribution in [3.63, 3.8) is 0 Å². The molecule has 5 nitrogen and oxygen atoms in total. The van der Waals surface area contributed by atoms with Crippen LogP contribution in [0, 0.1) is 5.92 Å². The van der Waals surface area contributed by atoms with Gasteiger partial charge in [-0.25, -0.2) is 0 Å². The Hall–Kier alpha value is -2.14. The smallest absolute Gasteiger partial charge is 0.253 e. The van der Waals surface area contributed by atoms with Gasteiger partial charge in [0, 0.05) is 13.1 Å². The average molecular weight is 287 g/mol. The molecular formula is C16H21N3O2. The molecule has 1 saturated heterocycles. The molecule has 112 valence electrons. The Morgan fingerprint density at radius 1 is 1.38 bits per heavy atom. The van der Waals surface area contributed by atoms with Crippen LogP contribution in [0.25, 0.3) is 0 Å². The minimum Gasteiger partial charge on any atom is -0.349 e. The highest BCUT2D eigenvalue weighted by Gasteiger charge is 2.22. The number of nitrogens with one attached hydrogen (secondary N) is 3. The molecule has 21 heavy (non-hydrogen) atoms. The van der Waals surface area contributed by atoms with E-state index in [2.05, 4.69) is 22.5 Å². The molecule has 1 aromatic carbocycles. The molecule has 1 aliphatic rings. The topological polar surface area (TPSA) is 70.2 Å². The Labute approximate surface area is 124 Å². The van der Waals surface area contributed by atoms with E-state index in [0.29, 0.717) is 24.3 Å². The summed E-state index contributed by atoms with van der Waals surface area (Å²) in [6, 6.07) is 7.03. The molecule has 1 heterocycles. The highest BCUT2D eigenvalue weighted by Crippen LogP contribution is 2.18. The lowest BCUT2D eigenvalue weighted by atomic mass is 9.98. The lowest BCUT2D eigenvalue weighted by Gasteiger charge is -2.22. The van der Waals surface area contributed by atoms with Gasteiger partial charge in [-0.2, -0.15) is 0 Å². The molecule has 2 amide bonds. The van der Waals surface area contributed by atoms with E-state index in [1.54, 1.807) is 30.3 Å². The number of carbonyl (C=O) groups excluding carboxylic acids is 2. The van der Waals surface area contributed by atoms with Crippen molar-refractivity contribution in [1.29, 1.82) is 0 Å². The van der Waals surface area contributed by atoms with Crippen LogP contribution >= 0.6 is 0 Å². The van der Waals surface area contributed by atoms with E-state index in [4.69, 9.17) is 0 Å². The summed E-state index contributed by atoms with van der Waals surface area (Å²) in [6.45, 7) is 5.62. The first-order chi connectivity index (χ1) is 10.2. The van der Waals surface area contributed by atoms with Crippen molar-refractivity contribution in [3.8, 4) is 0 Å². The summed E-state index contributed by atoms with van der Waals surface area (Å²) < 4.78 is 0. The van der Waals surface area contributed by atoms with E-state index in [0.717, 1.165) is 19.4 Å². The monoisotopic (exact) mass is 287 g/mol. The Morgan fingerprint density at radius 2 is 2.19 bits per heavy atom.